The molecule has 1 fully saturated rings. The summed E-state index contributed by atoms with van der Waals surface area (Å²) in [4.78, 5) is 31.6. The number of carbonyl (C=O) groups is 1. The van der Waals surface area contributed by atoms with Gasteiger partial charge < -0.3 is 20.1 Å². The number of piperazine rings is 1. The number of hydrogen-bond donors (Lipinski definition) is 2. The van der Waals surface area contributed by atoms with E-state index in [1.54, 1.807) is 13.8 Å². The average Bonchev–Trinajstić information content (AvgIpc) is 2.82. The quantitative estimate of drug-likeness (QED) is 0.582. The Bertz CT molecular complexity index is 1360. The van der Waals surface area contributed by atoms with Crippen LogP contribution in [0.4, 0.5) is 4.39 Å². The third-order valence-electron chi connectivity index (χ3n) is 6.69. The van der Waals surface area contributed by atoms with Crippen LogP contribution in [0.2, 0.25) is 0 Å². The SMILES string of the molecule is CC1CN(S(=O)(=O)c2cc(F)ccc2CNC(=O)c2nc3n(c(=O)c2O)CCOC3(C)C)CCN1C. The zero-order chi connectivity index (χ0) is 26.4. The summed E-state index contributed by atoms with van der Waals surface area (Å²) in [7, 11) is -2.14. The van der Waals surface area contributed by atoms with Crippen LogP contribution < -0.4 is 10.9 Å². The Balaban J connectivity index is 1.62. The number of fused-ring (bicyclic) bond motifs is 1. The molecular weight excluding hydrogens is 493 g/mol. The lowest BCUT2D eigenvalue weighted by atomic mass is 10.1. The number of halogens is 1. The molecule has 1 saturated heterocycles. The van der Waals surface area contributed by atoms with Crippen LogP contribution in [0.15, 0.2) is 27.9 Å². The van der Waals surface area contributed by atoms with Gasteiger partial charge in [0.15, 0.2) is 5.69 Å². The first kappa shape index (κ1) is 26.2. The lowest BCUT2D eigenvalue weighted by molar-refractivity contribution is -0.0566. The molecule has 2 aromatic rings. The number of sulfonamides is 1. The number of amides is 1. The van der Waals surface area contributed by atoms with E-state index in [4.69, 9.17) is 4.74 Å². The number of nitrogens with zero attached hydrogens (tertiary/aromatic N) is 4. The third-order valence-corrected chi connectivity index (χ3v) is 8.63. The second-order valence-corrected chi connectivity index (χ2v) is 11.5. The van der Waals surface area contributed by atoms with Crippen molar-refractivity contribution in [3.05, 3.63) is 51.5 Å². The molecule has 2 N–H and O–H groups in total. The Kier molecular flexibility index (Phi) is 6.94. The topological polar surface area (TPSA) is 134 Å². The minimum atomic E-state index is -4.05. The van der Waals surface area contributed by atoms with Gasteiger partial charge in [0.2, 0.25) is 15.8 Å². The van der Waals surface area contributed by atoms with Gasteiger partial charge in [-0.15, -0.1) is 0 Å². The first-order valence-electron chi connectivity index (χ1n) is 11.6. The second-order valence-electron chi connectivity index (χ2n) is 9.58. The first-order chi connectivity index (χ1) is 16.8. The van der Waals surface area contributed by atoms with Gasteiger partial charge in [0, 0.05) is 32.2 Å². The predicted molar refractivity (Wildman–Crippen MR) is 128 cm³/mol. The van der Waals surface area contributed by atoms with E-state index in [0.29, 0.717) is 6.54 Å². The van der Waals surface area contributed by atoms with Crippen LogP contribution >= 0.6 is 0 Å². The number of aromatic nitrogens is 2. The van der Waals surface area contributed by atoms with Gasteiger partial charge >= 0.3 is 0 Å². The van der Waals surface area contributed by atoms with Crippen LogP contribution in [0.25, 0.3) is 0 Å². The average molecular weight is 524 g/mol. The fourth-order valence-electron chi connectivity index (χ4n) is 4.37. The fraction of sp³-hybridized carbons (Fsp3) is 0.522. The Hall–Kier alpha value is -2.87. The Labute approximate surface area is 208 Å². The van der Waals surface area contributed by atoms with Gasteiger partial charge in [-0.1, -0.05) is 6.07 Å². The highest BCUT2D eigenvalue weighted by molar-refractivity contribution is 7.89. The van der Waals surface area contributed by atoms with Crippen LogP contribution in [-0.4, -0.2) is 77.5 Å². The van der Waals surface area contributed by atoms with Crippen molar-refractivity contribution < 1.29 is 27.4 Å². The molecule has 36 heavy (non-hydrogen) atoms. The minimum absolute atomic E-state index is 0.0179. The van der Waals surface area contributed by atoms with Crippen molar-refractivity contribution in [1.29, 1.82) is 0 Å². The monoisotopic (exact) mass is 523 g/mol. The molecule has 1 amide bonds. The van der Waals surface area contributed by atoms with Crippen LogP contribution in [-0.2, 0) is 33.5 Å². The highest BCUT2D eigenvalue weighted by atomic mass is 32.2. The molecule has 2 aliphatic rings. The van der Waals surface area contributed by atoms with Crippen LogP contribution in [0.1, 0.15) is 42.6 Å². The molecule has 0 radical (unpaired) electrons. The van der Waals surface area contributed by atoms with Gasteiger partial charge in [0.05, 0.1) is 18.0 Å². The van der Waals surface area contributed by atoms with Crippen molar-refractivity contribution in [3.63, 3.8) is 0 Å². The molecule has 1 aromatic carbocycles. The molecule has 0 spiro atoms. The fourth-order valence-corrected chi connectivity index (χ4v) is 6.12. The van der Waals surface area contributed by atoms with Gasteiger partial charge in [-0.25, -0.2) is 17.8 Å². The summed E-state index contributed by atoms with van der Waals surface area (Å²) in [5.74, 6) is -2.23. The van der Waals surface area contributed by atoms with Crippen molar-refractivity contribution in [1.82, 2.24) is 24.1 Å². The molecule has 1 atom stereocenters. The number of likely N-dealkylation sites (N-methyl/N-ethyl adjacent to an activating group) is 1. The van der Waals surface area contributed by atoms with E-state index < -0.39 is 44.4 Å². The number of aromatic hydroxyl groups is 1. The van der Waals surface area contributed by atoms with Crippen molar-refractivity contribution in [2.24, 2.45) is 0 Å². The van der Waals surface area contributed by atoms with Gasteiger partial charge in [-0.05, 0) is 45.5 Å². The molecule has 0 saturated carbocycles. The zero-order valence-corrected chi connectivity index (χ0v) is 21.4. The number of rotatable bonds is 5. The summed E-state index contributed by atoms with van der Waals surface area (Å²) in [6.45, 7) is 6.45. The van der Waals surface area contributed by atoms with Gasteiger partial charge in [-0.2, -0.15) is 4.31 Å². The lowest BCUT2D eigenvalue weighted by Crippen LogP contribution is -2.52. The maximum Gasteiger partial charge on any atom is 0.296 e. The number of hydrogen-bond acceptors (Lipinski definition) is 8. The van der Waals surface area contributed by atoms with Gasteiger partial charge in [0.25, 0.3) is 11.5 Å². The van der Waals surface area contributed by atoms with Crippen LogP contribution in [0.5, 0.6) is 5.75 Å². The maximum absolute atomic E-state index is 14.1. The number of carbonyl (C=O) groups excluding carboxylic acids is 1. The Morgan fingerprint density at radius 2 is 2.03 bits per heavy atom. The molecule has 0 bridgehead atoms. The second kappa shape index (κ2) is 9.54. The van der Waals surface area contributed by atoms with Crippen molar-refractivity contribution in [2.75, 3.05) is 33.3 Å². The molecule has 2 aliphatic heterocycles. The summed E-state index contributed by atoms with van der Waals surface area (Å²) < 4.78 is 49.1. The van der Waals surface area contributed by atoms with Crippen molar-refractivity contribution >= 4 is 15.9 Å². The molecule has 11 nitrogen and oxygen atoms in total. The largest absolute Gasteiger partial charge is 0.501 e. The van der Waals surface area contributed by atoms with E-state index >= 15 is 0 Å². The molecule has 196 valence electrons. The number of ether oxygens (including phenoxy) is 1. The summed E-state index contributed by atoms with van der Waals surface area (Å²) in [6.07, 6.45) is 0. The first-order valence-corrected chi connectivity index (χ1v) is 13.0. The highest BCUT2D eigenvalue weighted by Gasteiger charge is 2.35. The third kappa shape index (κ3) is 4.75. The normalized spacial score (nSPS) is 20.6. The standard InChI is InChI=1S/C23H30FN5O6S/c1-14-13-28(8-7-27(14)4)36(33,34)17-11-16(24)6-5-15(17)12-25-20(31)18-19(30)21(32)29-9-10-35-23(2,3)22(29)26-18/h5-6,11,14,30H,7-10,12-13H2,1-4H3,(H,25,31). The Morgan fingerprint density at radius 1 is 1.31 bits per heavy atom. The van der Waals surface area contributed by atoms with E-state index in [2.05, 4.69) is 10.3 Å². The highest BCUT2D eigenvalue weighted by Crippen LogP contribution is 2.28. The molecular formula is C23H30FN5O6S. The van der Waals surface area contributed by atoms with E-state index in [1.165, 1.54) is 14.9 Å². The van der Waals surface area contributed by atoms with Crippen LogP contribution in [0, 0.1) is 5.82 Å². The number of benzene rings is 1. The van der Waals surface area contributed by atoms with E-state index in [9.17, 15) is 27.5 Å². The van der Waals surface area contributed by atoms with E-state index in [1.807, 2.05) is 18.9 Å². The predicted octanol–water partition coefficient (Wildman–Crippen LogP) is 0.608. The summed E-state index contributed by atoms with van der Waals surface area (Å²) in [5, 5.41) is 12.9. The molecule has 1 unspecified atom stereocenters. The zero-order valence-electron chi connectivity index (χ0n) is 20.6. The summed E-state index contributed by atoms with van der Waals surface area (Å²) >= 11 is 0. The van der Waals surface area contributed by atoms with Crippen molar-refractivity contribution in [3.8, 4) is 5.75 Å². The minimum Gasteiger partial charge on any atom is -0.501 e. The van der Waals surface area contributed by atoms with Gasteiger partial charge in [0.1, 0.15) is 17.2 Å². The molecule has 0 aliphatic carbocycles. The lowest BCUT2D eigenvalue weighted by Gasteiger charge is -2.37. The van der Waals surface area contributed by atoms with Crippen LogP contribution in [0.3, 0.4) is 0 Å². The Morgan fingerprint density at radius 3 is 2.72 bits per heavy atom. The molecule has 13 heteroatoms. The summed E-state index contributed by atoms with van der Waals surface area (Å²) in [5.41, 5.74) is -2.06. The molecule has 3 heterocycles. The van der Waals surface area contributed by atoms with Crippen molar-refractivity contribution in [2.45, 2.75) is 50.4 Å². The molecule has 1 aromatic heterocycles. The maximum atomic E-state index is 14.1. The summed E-state index contributed by atoms with van der Waals surface area (Å²) in [6, 6.07) is 3.30. The number of nitrogens with one attached hydrogen (secondary N) is 1. The van der Waals surface area contributed by atoms with E-state index in [-0.39, 0.29) is 55.1 Å². The smallest absolute Gasteiger partial charge is 0.296 e. The molecule has 4 rings (SSSR count). The van der Waals surface area contributed by atoms with E-state index in [0.717, 1.165) is 12.1 Å². The van der Waals surface area contributed by atoms with Gasteiger partial charge in [-0.3, -0.25) is 14.2 Å².